The van der Waals surface area contributed by atoms with Crippen molar-refractivity contribution in [3.63, 3.8) is 0 Å². The van der Waals surface area contributed by atoms with Gasteiger partial charge in [-0.1, -0.05) is 25.8 Å². The summed E-state index contributed by atoms with van der Waals surface area (Å²) in [5.74, 6) is -1.23. The Hall–Kier alpha value is -2.31. The van der Waals surface area contributed by atoms with E-state index in [1.165, 1.54) is 16.9 Å². The van der Waals surface area contributed by atoms with Gasteiger partial charge in [-0.3, -0.25) is 14.4 Å². The fourth-order valence-corrected chi connectivity index (χ4v) is 2.94. The first kappa shape index (κ1) is 45.1. The summed E-state index contributed by atoms with van der Waals surface area (Å²) in [6.45, 7) is 4.48. The molecule has 0 aromatic carbocycles. The van der Waals surface area contributed by atoms with E-state index >= 15 is 0 Å². The molecular formula is C26H43BN4NaO11+. The molecule has 17 heteroatoms. The zero-order valence-corrected chi connectivity index (χ0v) is 27.3. The molecule has 0 saturated carbocycles. The van der Waals surface area contributed by atoms with Crippen LogP contribution in [-0.4, -0.2) is 139 Å². The number of allylic oxidation sites excluding steroid dienone is 1. The molecule has 0 aromatic heterocycles. The Morgan fingerprint density at radius 1 is 1.02 bits per heavy atom. The average molecular weight is 621 g/mol. The van der Waals surface area contributed by atoms with E-state index in [4.69, 9.17) is 33.0 Å². The Morgan fingerprint density at radius 2 is 1.58 bits per heavy atom. The smallest absolute Gasteiger partial charge is 0.540 e. The van der Waals surface area contributed by atoms with Crippen LogP contribution >= 0.6 is 0 Å². The molecule has 0 aliphatic carbocycles. The number of amides is 4. The fraction of sp³-hybridized carbons (Fsp3) is 0.654. The normalized spacial score (nSPS) is 17.1. The molecule has 15 nitrogen and oxygen atoms in total. The maximum Gasteiger partial charge on any atom is 1.00 e. The van der Waals surface area contributed by atoms with Gasteiger partial charge in [0.2, 0.25) is 18.4 Å². The van der Waals surface area contributed by atoms with Crippen LogP contribution in [0.25, 0.3) is 0 Å². The summed E-state index contributed by atoms with van der Waals surface area (Å²) >= 11 is 0. The number of rotatable bonds is 13. The molecule has 3 unspecified atom stereocenters. The monoisotopic (exact) mass is 621 g/mol. The van der Waals surface area contributed by atoms with Crippen LogP contribution in [-0.2, 0) is 33.5 Å². The van der Waals surface area contributed by atoms with Crippen molar-refractivity contribution < 1.29 is 88.1 Å². The van der Waals surface area contributed by atoms with E-state index in [2.05, 4.69) is 16.0 Å². The molecule has 1 saturated heterocycles. The largest absolute Gasteiger partial charge is 1.00 e. The predicted molar refractivity (Wildman–Crippen MR) is 151 cm³/mol. The number of carbonyl (C=O) groups is 5. The molecule has 0 spiro atoms. The molecule has 3 atom stereocenters. The number of hydrogen-bond donors (Lipinski definition) is 7. The molecule has 2 radical (unpaired) electrons. The third-order valence-corrected chi connectivity index (χ3v) is 5.08. The molecule has 0 bridgehead atoms. The summed E-state index contributed by atoms with van der Waals surface area (Å²) in [4.78, 5) is 65.8. The van der Waals surface area contributed by atoms with Crippen molar-refractivity contribution in [1.29, 1.82) is 0 Å². The van der Waals surface area contributed by atoms with Crippen molar-refractivity contribution in [2.45, 2.75) is 57.8 Å². The zero-order valence-electron chi connectivity index (χ0n) is 25.3. The van der Waals surface area contributed by atoms with Gasteiger partial charge in [-0.25, -0.2) is 11.1 Å². The number of ether oxygens (including phenoxy) is 1. The fourth-order valence-electron chi connectivity index (χ4n) is 2.94. The van der Waals surface area contributed by atoms with Crippen molar-refractivity contribution in [2.24, 2.45) is 5.92 Å². The van der Waals surface area contributed by atoms with Crippen molar-refractivity contribution in [2.75, 3.05) is 46.6 Å². The van der Waals surface area contributed by atoms with Gasteiger partial charge >= 0.3 is 35.5 Å². The summed E-state index contributed by atoms with van der Waals surface area (Å²) in [6.07, 6.45) is 6.01. The van der Waals surface area contributed by atoms with Crippen molar-refractivity contribution in [3.05, 3.63) is 12.2 Å². The van der Waals surface area contributed by atoms with Gasteiger partial charge < -0.3 is 50.7 Å². The van der Waals surface area contributed by atoms with Gasteiger partial charge in [-0.2, -0.15) is 4.58 Å². The van der Waals surface area contributed by atoms with Gasteiger partial charge in [0.05, 0.1) is 43.8 Å². The Labute approximate surface area is 275 Å². The van der Waals surface area contributed by atoms with Crippen LogP contribution in [0.4, 0.5) is 0 Å². The molecule has 0 aromatic rings. The maximum absolute atomic E-state index is 11.6. The SMILES string of the molecule is CC(C)C([C-]=O)NC(=O)CCNC(=O)C[N+]1=CC=CC1=O.CO.OC1COCC(O)C1.[B]C(=O)CCNC(=O)CCO.[Na+]. The topological polar surface area (TPSA) is 232 Å². The zero-order chi connectivity index (χ0) is 32.5. The van der Waals surface area contributed by atoms with Gasteiger partial charge in [0.25, 0.3) is 5.91 Å². The third-order valence-electron chi connectivity index (χ3n) is 5.08. The second-order valence-electron chi connectivity index (χ2n) is 9.10. The van der Waals surface area contributed by atoms with Crippen LogP contribution in [0.15, 0.2) is 12.2 Å². The molecule has 7 N–H and O–H groups in total. The average Bonchev–Trinajstić information content (AvgIpc) is 3.32. The molecule has 2 heterocycles. The quantitative estimate of drug-likeness (QED) is 0.0580. The van der Waals surface area contributed by atoms with Crippen molar-refractivity contribution in [1.82, 2.24) is 16.0 Å². The molecule has 236 valence electrons. The molecular weight excluding hydrogens is 578 g/mol. The van der Waals surface area contributed by atoms with Crippen LogP contribution < -0.4 is 45.5 Å². The van der Waals surface area contributed by atoms with Gasteiger partial charge in [0.1, 0.15) is 0 Å². The summed E-state index contributed by atoms with van der Waals surface area (Å²) < 4.78 is 6.06. The number of nitrogens with one attached hydrogen (secondary N) is 3. The number of aliphatic hydroxyl groups is 4. The van der Waals surface area contributed by atoms with E-state index in [1.54, 1.807) is 26.2 Å². The second kappa shape index (κ2) is 28.5. The molecule has 2 aliphatic rings. The summed E-state index contributed by atoms with van der Waals surface area (Å²) in [5.41, 5.74) is -0.450. The third kappa shape index (κ3) is 25.9. The van der Waals surface area contributed by atoms with Crippen molar-refractivity contribution >= 4 is 49.7 Å². The summed E-state index contributed by atoms with van der Waals surface area (Å²) in [7, 11) is 5.81. The molecule has 4 amide bonds. The minimum Gasteiger partial charge on any atom is -0.540 e. The van der Waals surface area contributed by atoms with Gasteiger partial charge in [0.15, 0.2) is 14.1 Å². The first-order valence-corrected chi connectivity index (χ1v) is 13.2. The van der Waals surface area contributed by atoms with Crippen LogP contribution in [0.2, 0.25) is 0 Å². The minimum absolute atomic E-state index is 0. The van der Waals surface area contributed by atoms with E-state index in [9.17, 15) is 28.8 Å². The Kier molecular flexibility index (Phi) is 29.9. The molecule has 2 rings (SSSR count). The van der Waals surface area contributed by atoms with Gasteiger partial charge in [0, 0.05) is 52.0 Å². The summed E-state index contributed by atoms with van der Waals surface area (Å²) in [5, 5.41) is 40.4. The first-order valence-electron chi connectivity index (χ1n) is 13.2. The van der Waals surface area contributed by atoms with E-state index in [0.717, 1.165) is 7.11 Å². The Bertz CT molecular complexity index is 912. The van der Waals surface area contributed by atoms with Gasteiger partial charge in [-0.15, -0.1) is 0 Å². The number of nitrogens with zero attached hydrogens (tertiary/aromatic N) is 1. The predicted octanol–water partition coefficient (Wildman–Crippen LogP) is -6.77. The number of aliphatic hydroxyl groups excluding tert-OH is 4. The molecule has 1 fully saturated rings. The summed E-state index contributed by atoms with van der Waals surface area (Å²) in [6, 6.07) is -0.643. The second-order valence-corrected chi connectivity index (χ2v) is 9.10. The van der Waals surface area contributed by atoms with E-state index in [1.807, 2.05) is 0 Å². The van der Waals surface area contributed by atoms with Gasteiger partial charge in [-0.05, 0) is 0 Å². The van der Waals surface area contributed by atoms with Crippen LogP contribution in [0.5, 0.6) is 0 Å². The van der Waals surface area contributed by atoms with Crippen LogP contribution in [0.3, 0.4) is 0 Å². The number of hydrogen-bond acceptors (Lipinski definition) is 11. The van der Waals surface area contributed by atoms with E-state index in [0.29, 0.717) is 19.6 Å². The number of carbonyl (C=O) groups excluding carboxylic acids is 6. The van der Waals surface area contributed by atoms with E-state index in [-0.39, 0.29) is 105 Å². The van der Waals surface area contributed by atoms with Crippen molar-refractivity contribution in [3.8, 4) is 0 Å². The standard InChI is InChI=1S/C14H19N3O4.C6H10BNO3.C5H10O3.CH4O.Na/c1-10(2)11(9-18)16-12(19)5-6-15-13(20)8-17-7-3-4-14(17)21;7-5(10)1-3-8-6(11)2-4-9;6-4-1-5(7)3-8-2-4;1-2;/h3-4,7,10-11H,5-6,8H2,1-2H3,(H,15,20)(H,16,19);9H,1-4H2,(H,8,11);4-7H,1-3H2;2H,1H3;/q;;;;+1. The Balaban J connectivity index is -0.000000608. The molecule has 2 aliphatic heterocycles. The van der Waals surface area contributed by atoms with E-state index < -0.39 is 23.9 Å². The first-order chi connectivity index (χ1) is 19.9. The van der Waals surface area contributed by atoms with Crippen LogP contribution in [0, 0.1) is 5.92 Å². The maximum atomic E-state index is 11.6. The van der Waals surface area contributed by atoms with Crippen LogP contribution in [0.1, 0.15) is 39.5 Å². The minimum atomic E-state index is -0.643. The molecule has 43 heavy (non-hydrogen) atoms. The Morgan fingerprint density at radius 3 is 2.00 bits per heavy atom.